The number of benzene rings is 3. The molecular formula is C26H23BrIN3O3. The van der Waals surface area contributed by atoms with Crippen molar-refractivity contribution in [3.05, 3.63) is 96.0 Å². The van der Waals surface area contributed by atoms with Gasteiger partial charge in [-0.2, -0.15) is 9.78 Å². The Hall–Kier alpha value is -2.72. The summed E-state index contributed by atoms with van der Waals surface area (Å²) in [6.45, 7) is 4.42. The minimum atomic E-state index is -0.212. The van der Waals surface area contributed by atoms with E-state index in [1.807, 2.05) is 68.4 Å². The molecular weight excluding hydrogens is 609 g/mol. The van der Waals surface area contributed by atoms with Crippen LogP contribution in [0.5, 0.6) is 11.5 Å². The fourth-order valence-corrected chi connectivity index (χ4v) is 4.60. The van der Waals surface area contributed by atoms with Gasteiger partial charge >= 0.3 is 0 Å². The zero-order valence-electron chi connectivity index (χ0n) is 19.0. The van der Waals surface area contributed by atoms with Crippen LogP contribution >= 0.6 is 38.5 Å². The van der Waals surface area contributed by atoms with Gasteiger partial charge in [0.05, 0.1) is 27.8 Å². The molecule has 34 heavy (non-hydrogen) atoms. The highest BCUT2D eigenvalue weighted by Crippen LogP contribution is 2.34. The third kappa shape index (κ3) is 5.33. The van der Waals surface area contributed by atoms with Crippen LogP contribution < -0.4 is 15.0 Å². The quantitative estimate of drug-likeness (QED) is 0.176. The highest BCUT2D eigenvalue weighted by Gasteiger charge is 2.15. The molecule has 0 fully saturated rings. The summed E-state index contributed by atoms with van der Waals surface area (Å²) >= 11 is 5.65. The average Bonchev–Trinajstić information content (AvgIpc) is 2.83. The largest absolute Gasteiger partial charge is 0.493 e. The van der Waals surface area contributed by atoms with E-state index in [0.29, 0.717) is 34.8 Å². The van der Waals surface area contributed by atoms with E-state index in [4.69, 9.17) is 9.47 Å². The first kappa shape index (κ1) is 24.4. The topological polar surface area (TPSA) is 65.7 Å². The van der Waals surface area contributed by atoms with Crippen LogP contribution in [0.25, 0.3) is 10.9 Å². The van der Waals surface area contributed by atoms with Crippen molar-refractivity contribution in [2.45, 2.75) is 26.4 Å². The second kappa shape index (κ2) is 10.7. The normalized spacial score (nSPS) is 11.5. The van der Waals surface area contributed by atoms with Crippen LogP contribution in [-0.2, 0) is 6.61 Å². The van der Waals surface area contributed by atoms with Crippen molar-refractivity contribution in [3.63, 3.8) is 0 Å². The molecule has 0 saturated heterocycles. The van der Waals surface area contributed by atoms with Gasteiger partial charge in [0.25, 0.3) is 5.56 Å². The number of fused-ring (bicyclic) bond motifs is 1. The van der Waals surface area contributed by atoms with Gasteiger partial charge in [-0.05, 0) is 64.0 Å². The second-order valence-corrected chi connectivity index (χ2v) is 10.0. The molecule has 174 valence electrons. The van der Waals surface area contributed by atoms with E-state index < -0.39 is 0 Å². The zero-order chi connectivity index (χ0) is 24.2. The summed E-state index contributed by atoms with van der Waals surface area (Å²) < 4.78 is 14.7. The third-order valence-electron chi connectivity index (χ3n) is 5.15. The van der Waals surface area contributed by atoms with Gasteiger partial charge in [0.1, 0.15) is 12.4 Å². The van der Waals surface area contributed by atoms with Gasteiger partial charge in [-0.3, -0.25) is 4.79 Å². The van der Waals surface area contributed by atoms with Crippen molar-refractivity contribution >= 4 is 55.6 Å². The number of nitrogens with zero attached hydrogens (tertiary/aromatic N) is 3. The fourth-order valence-electron chi connectivity index (χ4n) is 3.46. The Morgan fingerprint density at radius 2 is 1.91 bits per heavy atom. The number of hydrogen-bond donors (Lipinski definition) is 0. The van der Waals surface area contributed by atoms with Gasteiger partial charge in [0.2, 0.25) is 0 Å². The molecule has 8 heteroatoms. The number of hydrogen-bond acceptors (Lipinski definition) is 5. The van der Waals surface area contributed by atoms with E-state index in [2.05, 4.69) is 48.6 Å². The molecule has 0 unspecified atom stereocenters. The van der Waals surface area contributed by atoms with Crippen LogP contribution in [0.4, 0.5) is 0 Å². The van der Waals surface area contributed by atoms with Crippen molar-refractivity contribution in [2.24, 2.45) is 5.10 Å². The van der Waals surface area contributed by atoms with Crippen LogP contribution in [-0.4, -0.2) is 23.0 Å². The molecule has 4 aromatic rings. The van der Waals surface area contributed by atoms with Crippen molar-refractivity contribution < 1.29 is 9.47 Å². The van der Waals surface area contributed by atoms with Crippen LogP contribution in [0.2, 0.25) is 0 Å². The maximum Gasteiger partial charge on any atom is 0.282 e. The van der Waals surface area contributed by atoms with E-state index in [0.717, 1.165) is 19.2 Å². The highest BCUT2D eigenvalue weighted by atomic mass is 127. The lowest BCUT2D eigenvalue weighted by Crippen LogP contribution is -2.23. The van der Waals surface area contributed by atoms with Crippen molar-refractivity contribution in [1.29, 1.82) is 0 Å². The molecule has 0 aliphatic heterocycles. The standard InChI is InChI=1S/C26H23BrIN3O3/c1-16(2)25-30-22-10-9-19(27)13-20(22)26(32)31(25)29-14-18-11-21(28)24(23(12-18)33-3)34-15-17-7-5-4-6-8-17/h4-14,16H,15H2,1-3H3. The summed E-state index contributed by atoms with van der Waals surface area (Å²) in [5, 5.41) is 5.03. The Kier molecular flexibility index (Phi) is 7.67. The maximum absolute atomic E-state index is 13.2. The summed E-state index contributed by atoms with van der Waals surface area (Å²) in [5.41, 5.74) is 2.29. The molecule has 0 bridgehead atoms. The van der Waals surface area contributed by atoms with Crippen molar-refractivity contribution in [2.75, 3.05) is 7.11 Å². The number of methoxy groups -OCH3 is 1. The number of ether oxygens (including phenoxy) is 2. The summed E-state index contributed by atoms with van der Waals surface area (Å²) in [6.07, 6.45) is 1.64. The molecule has 4 rings (SSSR count). The predicted octanol–water partition coefficient (Wildman–Crippen LogP) is 6.36. The van der Waals surface area contributed by atoms with Crippen molar-refractivity contribution in [1.82, 2.24) is 9.66 Å². The number of aromatic nitrogens is 2. The maximum atomic E-state index is 13.2. The lowest BCUT2D eigenvalue weighted by molar-refractivity contribution is 0.282. The molecule has 0 aliphatic rings. The minimum Gasteiger partial charge on any atom is -0.493 e. The molecule has 1 heterocycles. The fraction of sp³-hybridized carbons (Fsp3) is 0.192. The van der Waals surface area contributed by atoms with Crippen LogP contribution in [0.15, 0.2) is 75.0 Å². The Balaban J connectivity index is 1.70. The monoisotopic (exact) mass is 631 g/mol. The Labute approximate surface area is 219 Å². The van der Waals surface area contributed by atoms with E-state index in [-0.39, 0.29) is 11.5 Å². The molecule has 0 saturated carbocycles. The SMILES string of the molecule is COc1cc(C=Nn2c(C(C)C)nc3ccc(Br)cc3c2=O)cc(I)c1OCc1ccccc1. The molecule has 0 spiro atoms. The lowest BCUT2D eigenvalue weighted by Gasteiger charge is -2.14. The van der Waals surface area contributed by atoms with Gasteiger partial charge in [-0.1, -0.05) is 60.1 Å². The first-order valence-corrected chi connectivity index (χ1v) is 12.6. The molecule has 1 aromatic heterocycles. The smallest absolute Gasteiger partial charge is 0.282 e. The molecule has 0 aliphatic carbocycles. The molecule has 0 N–H and O–H groups in total. The Morgan fingerprint density at radius 3 is 2.62 bits per heavy atom. The van der Waals surface area contributed by atoms with Gasteiger partial charge in [-0.25, -0.2) is 4.98 Å². The zero-order valence-corrected chi connectivity index (χ0v) is 22.7. The molecule has 3 aromatic carbocycles. The Bertz CT molecular complexity index is 1420. The van der Waals surface area contributed by atoms with E-state index in [9.17, 15) is 4.79 Å². The third-order valence-corrected chi connectivity index (χ3v) is 6.44. The summed E-state index contributed by atoms with van der Waals surface area (Å²) in [4.78, 5) is 17.9. The van der Waals surface area contributed by atoms with E-state index in [1.54, 1.807) is 19.4 Å². The van der Waals surface area contributed by atoms with Gasteiger partial charge in [0.15, 0.2) is 11.5 Å². The van der Waals surface area contributed by atoms with Crippen LogP contribution in [0, 0.1) is 3.57 Å². The van der Waals surface area contributed by atoms with Crippen LogP contribution in [0.1, 0.15) is 36.7 Å². The highest BCUT2D eigenvalue weighted by molar-refractivity contribution is 14.1. The van der Waals surface area contributed by atoms with E-state index in [1.165, 1.54) is 4.68 Å². The molecule has 0 atom stereocenters. The van der Waals surface area contributed by atoms with Gasteiger partial charge in [0, 0.05) is 10.4 Å². The van der Waals surface area contributed by atoms with Gasteiger partial charge in [-0.15, -0.1) is 0 Å². The van der Waals surface area contributed by atoms with Crippen molar-refractivity contribution in [3.8, 4) is 11.5 Å². The first-order valence-electron chi connectivity index (χ1n) is 10.7. The van der Waals surface area contributed by atoms with E-state index >= 15 is 0 Å². The molecule has 0 amide bonds. The predicted molar refractivity (Wildman–Crippen MR) is 147 cm³/mol. The van der Waals surface area contributed by atoms with Crippen LogP contribution in [0.3, 0.4) is 0 Å². The summed E-state index contributed by atoms with van der Waals surface area (Å²) in [6, 6.07) is 19.2. The number of halogens is 2. The first-order chi connectivity index (χ1) is 16.4. The number of rotatable bonds is 7. The summed E-state index contributed by atoms with van der Waals surface area (Å²) in [5.74, 6) is 1.88. The summed E-state index contributed by atoms with van der Waals surface area (Å²) in [7, 11) is 1.61. The minimum absolute atomic E-state index is 0.0151. The molecule has 0 radical (unpaired) electrons. The Morgan fingerprint density at radius 1 is 1.15 bits per heavy atom. The molecule has 6 nitrogen and oxygen atoms in total. The average molecular weight is 632 g/mol. The lowest BCUT2D eigenvalue weighted by atomic mass is 10.2. The van der Waals surface area contributed by atoms with Gasteiger partial charge < -0.3 is 9.47 Å². The second-order valence-electron chi connectivity index (χ2n) is 7.96.